The molecule has 1 aromatic rings. The molecule has 2 atom stereocenters. The van der Waals surface area contributed by atoms with E-state index in [0.717, 1.165) is 5.56 Å². The highest BCUT2D eigenvalue weighted by atomic mass is 35.5. The summed E-state index contributed by atoms with van der Waals surface area (Å²) in [6, 6.07) is 3.45. The first kappa shape index (κ1) is 15.6. The van der Waals surface area contributed by atoms with Crippen molar-refractivity contribution in [1.29, 1.82) is 0 Å². The molecule has 0 aliphatic heterocycles. The second-order valence-electron chi connectivity index (χ2n) is 4.39. The minimum atomic E-state index is -1.07. The van der Waals surface area contributed by atoms with Gasteiger partial charge in [-0.1, -0.05) is 11.6 Å². The molecule has 1 aromatic carbocycles. The van der Waals surface area contributed by atoms with E-state index in [1.807, 2.05) is 6.92 Å². The van der Waals surface area contributed by atoms with Crippen LogP contribution in [0.5, 0.6) is 11.5 Å². The van der Waals surface area contributed by atoms with Crippen LogP contribution < -0.4 is 15.2 Å². The molecule has 0 fully saturated rings. The molecule has 106 valence electrons. The third-order valence-electron chi connectivity index (χ3n) is 2.49. The van der Waals surface area contributed by atoms with Crippen molar-refractivity contribution in [1.82, 2.24) is 0 Å². The van der Waals surface area contributed by atoms with Gasteiger partial charge in [0.15, 0.2) is 17.6 Å². The fraction of sp³-hybridized carbons (Fsp3) is 0.462. The molecule has 19 heavy (non-hydrogen) atoms. The summed E-state index contributed by atoms with van der Waals surface area (Å²) in [4.78, 5) is 10.8. The number of halogens is 1. The van der Waals surface area contributed by atoms with Crippen molar-refractivity contribution < 1.29 is 19.4 Å². The van der Waals surface area contributed by atoms with Crippen molar-refractivity contribution >= 4 is 17.6 Å². The van der Waals surface area contributed by atoms with Crippen LogP contribution in [0.1, 0.15) is 19.4 Å². The smallest absolute Gasteiger partial charge is 0.344 e. The summed E-state index contributed by atoms with van der Waals surface area (Å²) in [6.07, 6.45) is -0.365. The molecule has 0 heterocycles. The lowest BCUT2D eigenvalue weighted by Gasteiger charge is -2.17. The van der Waals surface area contributed by atoms with Crippen molar-refractivity contribution in [2.45, 2.75) is 32.4 Å². The van der Waals surface area contributed by atoms with Gasteiger partial charge < -0.3 is 20.3 Å². The van der Waals surface area contributed by atoms with Gasteiger partial charge in [-0.2, -0.15) is 0 Å². The molecule has 0 bridgehead atoms. The normalized spacial score (nSPS) is 13.7. The molecule has 2 unspecified atom stereocenters. The Morgan fingerprint density at radius 2 is 2.11 bits per heavy atom. The zero-order valence-electron chi connectivity index (χ0n) is 11.1. The van der Waals surface area contributed by atoms with E-state index in [1.165, 1.54) is 14.0 Å². The van der Waals surface area contributed by atoms with Crippen LogP contribution in [0.3, 0.4) is 0 Å². The number of rotatable bonds is 6. The Balaban J connectivity index is 3.07. The Kier molecular flexibility index (Phi) is 5.44. The summed E-state index contributed by atoms with van der Waals surface area (Å²) in [5.74, 6) is -0.443. The first-order valence-electron chi connectivity index (χ1n) is 5.86. The van der Waals surface area contributed by atoms with Gasteiger partial charge in [0.1, 0.15) is 0 Å². The molecule has 0 aromatic heterocycles. The van der Waals surface area contributed by atoms with Gasteiger partial charge in [-0.15, -0.1) is 0 Å². The number of ether oxygens (including phenoxy) is 2. The predicted octanol–water partition coefficient (Wildman–Crippen LogP) is 2.09. The first-order valence-corrected chi connectivity index (χ1v) is 6.24. The molecule has 0 amide bonds. The fourth-order valence-corrected chi connectivity index (χ4v) is 1.88. The molecule has 0 saturated heterocycles. The average Bonchev–Trinajstić information content (AvgIpc) is 2.30. The van der Waals surface area contributed by atoms with E-state index in [-0.39, 0.29) is 11.8 Å². The predicted molar refractivity (Wildman–Crippen MR) is 73.1 cm³/mol. The van der Waals surface area contributed by atoms with Crippen LogP contribution in [0.25, 0.3) is 0 Å². The van der Waals surface area contributed by atoms with Gasteiger partial charge in [0.2, 0.25) is 0 Å². The Morgan fingerprint density at radius 1 is 1.47 bits per heavy atom. The van der Waals surface area contributed by atoms with E-state index in [2.05, 4.69) is 0 Å². The highest BCUT2D eigenvalue weighted by molar-refractivity contribution is 6.32. The topological polar surface area (TPSA) is 81.8 Å². The number of carboxylic acid groups (broad SMARTS) is 1. The van der Waals surface area contributed by atoms with E-state index in [0.29, 0.717) is 17.2 Å². The maximum atomic E-state index is 10.8. The van der Waals surface area contributed by atoms with Gasteiger partial charge in [0, 0.05) is 6.04 Å². The quantitative estimate of drug-likeness (QED) is 0.837. The van der Waals surface area contributed by atoms with Crippen molar-refractivity contribution in [2.75, 3.05) is 7.11 Å². The number of nitrogens with two attached hydrogens (primary N) is 1. The number of carboxylic acids is 1. The van der Waals surface area contributed by atoms with Crippen molar-refractivity contribution in [3.05, 3.63) is 22.7 Å². The van der Waals surface area contributed by atoms with E-state index < -0.39 is 12.1 Å². The summed E-state index contributed by atoms with van der Waals surface area (Å²) >= 11 is 6.11. The molecule has 1 rings (SSSR count). The molecule has 5 nitrogen and oxygen atoms in total. The summed E-state index contributed by atoms with van der Waals surface area (Å²) in [6.45, 7) is 3.31. The van der Waals surface area contributed by atoms with Crippen molar-refractivity contribution in [2.24, 2.45) is 5.73 Å². The molecular formula is C13H18ClNO4. The molecule has 0 radical (unpaired) electrons. The lowest BCUT2D eigenvalue weighted by molar-refractivity contribution is -0.144. The van der Waals surface area contributed by atoms with Crippen molar-refractivity contribution in [3.8, 4) is 11.5 Å². The van der Waals surface area contributed by atoms with E-state index in [9.17, 15) is 4.79 Å². The fourth-order valence-electron chi connectivity index (χ4n) is 1.60. The number of hydrogen-bond acceptors (Lipinski definition) is 4. The third kappa shape index (κ3) is 4.29. The first-order chi connectivity index (χ1) is 8.85. The highest BCUT2D eigenvalue weighted by Gasteiger charge is 2.19. The largest absolute Gasteiger partial charge is 0.493 e. The maximum Gasteiger partial charge on any atom is 0.344 e. The van der Waals surface area contributed by atoms with E-state index in [4.69, 9.17) is 31.9 Å². The number of aliphatic carboxylic acids is 1. The lowest BCUT2D eigenvalue weighted by Crippen LogP contribution is -2.23. The zero-order valence-corrected chi connectivity index (χ0v) is 11.9. The number of benzene rings is 1. The maximum absolute atomic E-state index is 10.8. The number of hydrogen-bond donors (Lipinski definition) is 2. The third-order valence-corrected chi connectivity index (χ3v) is 2.77. The highest BCUT2D eigenvalue weighted by Crippen LogP contribution is 2.37. The minimum absolute atomic E-state index is 0.00881. The molecule has 0 aliphatic rings. The SMILES string of the molecule is COc1cc(CC(C)N)cc(Cl)c1OC(C)C(=O)O. The Morgan fingerprint density at radius 3 is 2.58 bits per heavy atom. The van der Waals surface area contributed by atoms with Crippen LogP contribution in [-0.4, -0.2) is 30.3 Å². The summed E-state index contributed by atoms with van der Waals surface area (Å²) in [7, 11) is 1.47. The summed E-state index contributed by atoms with van der Waals surface area (Å²) in [5, 5.41) is 9.15. The Hall–Kier alpha value is -1.46. The Labute approximate surface area is 117 Å². The summed E-state index contributed by atoms with van der Waals surface area (Å²) in [5.41, 5.74) is 6.64. The molecule has 6 heteroatoms. The minimum Gasteiger partial charge on any atom is -0.493 e. The molecule has 3 N–H and O–H groups in total. The monoisotopic (exact) mass is 287 g/mol. The molecule has 0 aliphatic carbocycles. The van der Waals surface area contributed by atoms with E-state index in [1.54, 1.807) is 12.1 Å². The standard InChI is InChI=1S/C13H18ClNO4/c1-7(15)4-9-5-10(14)12(11(6-9)18-3)19-8(2)13(16)17/h5-8H,4,15H2,1-3H3,(H,16,17). The van der Waals surface area contributed by atoms with Gasteiger partial charge in [-0.25, -0.2) is 4.79 Å². The lowest BCUT2D eigenvalue weighted by atomic mass is 10.1. The number of methoxy groups -OCH3 is 1. The van der Waals surface area contributed by atoms with Crippen LogP contribution in [0.4, 0.5) is 0 Å². The summed E-state index contributed by atoms with van der Waals surface area (Å²) < 4.78 is 10.5. The van der Waals surface area contributed by atoms with Crippen LogP contribution >= 0.6 is 11.6 Å². The average molecular weight is 288 g/mol. The van der Waals surface area contributed by atoms with Gasteiger partial charge >= 0.3 is 5.97 Å². The second kappa shape index (κ2) is 6.63. The van der Waals surface area contributed by atoms with Crippen LogP contribution in [0.2, 0.25) is 5.02 Å². The molecule has 0 saturated carbocycles. The number of carbonyl (C=O) groups is 1. The molecule has 0 spiro atoms. The zero-order chi connectivity index (χ0) is 14.6. The van der Waals surface area contributed by atoms with Crippen LogP contribution in [0, 0.1) is 0 Å². The van der Waals surface area contributed by atoms with Gasteiger partial charge in [-0.05, 0) is 38.0 Å². The van der Waals surface area contributed by atoms with Gasteiger partial charge in [-0.3, -0.25) is 0 Å². The van der Waals surface area contributed by atoms with Crippen molar-refractivity contribution in [3.63, 3.8) is 0 Å². The Bertz CT molecular complexity index is 462. The van der Waals surface area contributed by atoms with Gasteiger partial charge in [0.05, 0.1) is 12.1 Å². The van der Waals surface area contributed by atoms with Crippen LogP contribution in [0.15, 0.2) is 12.1 Å². The second-order valence-corrected chi connectivity index (χ2v) is 4.80. The van der Waals surface area contributed by atoms with E-state index >= 15 is 0 Å². The molecular weight excluding hydrogens is 270 g/mol. The van der Waals surface area contributed by atoms with Crippen LogP contribution in [-0.2, 0) is 11.2 Å². The van der Waals surface area contributed by atoms with Gasteiger partial charge in [0.25, 0.3) is 0 Å².